The van der Waals surface area contributed by atoms with Crippen LogP contribution in [-0.4, -0.2) is 12.5 Å². The summed E-state index contributed by atoms with van der Waals surface area (Å²) in [5.74, 6) is -0.180. The van der Waals surface area contributed by atoms with Crippen molar-refractivity contribution in [2.75, 3.05) is 11.9 Å². The van der Waals surface area contributed by atoms with Gasteiger partial charge in [-0.25, -0.2) is 0 Å². The summed E-state index contributed by atoms with van der Waals surface area (Å²) in [5, 5.41) is 10.5. The van der Waals surface area contributed by atoms with Crippen molar-refractivity contribution in [2.24, 2.45) is 10.2 Å². The summed E-state index contributed by atoms with van der Waals surface area (Å²) in [4.78, 5) is 11.5. The van der Waals surface area contributed by atoms with Gasteiger partial charge in [0.05, 0.1) is 5.69 Å². The number of anilines is 1. The van der Waals surface area contributed by atoms with Crippen LogP contribution >= 0.6 is 0 Å². The molecule has 0 aliphatic rings. The molecule has 18 heavy (non-hydrogen) atoms. The van der Waals surface area contributed by atoms with Gasteiger partial charge in [-0.15, -0.1) is 0 Å². The lowest BCUT2D eigenvalue weighted by Gasteiger charge is -2.01. The number of hydrogen-bond donors (Lipinski definition) is 1. The first-order valence-corrected chi connectivity index (χ1v) is 5.62. The number of para-hydroxylation sites is 1. The molecule has 4 heteroatoms. The van der Waals surface area contributed by atoms with Gasteiger partial charge in [-0.2, -0.15) is 10.2 Å². The topological polar surface area (TPSA) is 53.8 Å². The lowest BCUT2D eigenvalue weighted by atomic mass is 10.3. The Morgan fingerprint density at radius 1 is 0.944 bits per heavy atom. The van der Waals surface area contributed by atoms with E-state index in [2.05, 4.69) is 15.5 Å². The fourth-order valence-corrected chi connectivity index (χ4v) is 1.40. The second-order valence-electron chi connectivity index (χ2n) is 3.65. The number of carbonyl (C=O) groups excluding carboxylic acids is 1. The van der Waals surface area contributed by atoms with Crippen LogP contribution in [-0.2, 0) is 4.79 Å². The van der Waals surface area contributed by atoms with E-state index in [1.54, 1.807) is 0 Å². The van der Waals surface area contributed by atoms with Crippen molar-refractivity contribution in [3.05, 3.63) is 60.7 Å². The molecule has 0 fully saturated rings. The molecule has 1 amide bonds. The molecule has 0 bridgehead atoms. The molecule has 2 rings (SSSR count). The lowest BCUT2D eigenvalue weighted by Crippen LogP contribution is -2.14. The van der Waals surface area contributed by atoms with Crippen molar-refractivity contribution in [3.8, 4) is 0 Å². The van der Waals surface area contributed by atoms with E-state index in [4.69, 9.17) is 0 Å². The Morgan fingerprint density at radius 3 is 2.22 bits per heavy atom. The summed E-state index contributed by atoms with van der Waals surface area (Å²) < 4.78 is 0. The zero-order valence-electron chi connectivity index (χ0n) is 9.78. The van der Waals surface area contributed by atoms with Gasteiger partial charge in [0.15, 0.2) is 0 Å². The van der Waals surface area contributed by atoms with Crippen molar-refractivity contribution in [2.45, 2.75) is 0 Å². The molecule has 0 radical (unpaired) electrons. The maximum atomic E-state index is 11.5. The molecule has 2 aromatic carbocycles. The average Bonchev–Trinajstić information content (AvgIpc) is 2.41. The summed E-state index contributed by atoms with van der Waals surface area (Å²) in [6, 6.07) is 18.6. The third kappa shape index (κ3) is 3.83. The number of nitrogens with one attached hydrogen (secondary N) is 1. The van der Waals surface area contributed by atoms with E-state index in [0.29, 0.717) is 0 Å². The highest BCUT2D eigenvalue weighted by molar-refractivity contribution is 5.92. The predicted octanol–water partition coefficient (Wildman–Crippen LogP) is 3.41. The van der Waals surface area contributed by atoms with Crippen molar-refractivity contribution in [1.82, 2.24) is 0 Å². The van der Waals surface area contributed by atoms with E-state index in [9.17, 15) is 4.79 Å². The van der Waals surface area contributed by atoms with Crippen molar-refractivity contribution >= 4 is 17.3 Å². The van der Waals surface area contributed by atoms with Gasteiger partial charge in [0.25, 0.3) is 0 Å². The third-order valence-electron chi connectivity index (χ3n) is 2.21. The Morgan fingerprint density at radius 2 is 1.56 bits per heavy atom. The first-order chi connectivity index (χ1) is 8.84. The fourth-order valence-electron chi connectivity index (χ4n) is 1.40. The van der Waals surface area contributed by atoms with E-state index in [0.717, 1.165) is 11.4 Å². The first-order valence-electron chi connectivity index (χ1n) is 5.62. The SMILES string of the molecule is O=C(CN=Nc1ccccc1)Nc1ccccc1. The van der Waals surface area contributed by atoms with Crippen LogP contribution < -0.4 is 5.32 Å². The van der Waals surface area contributed by atoms with Gasteiger partial charge in [0, 0.05) is 5.69 Å². The number of azo groups is 1. The minimum atomic E-state index is -0.180. The Bertz CT molecular complexity index is 523. The molecule has 0 heterocycles. The maximum Gasteiger partial charge on any atom is 0.247 e. The van der Waals surface area contributed by atoms with Gasteiger partial charge in [-0.3, -0.25) is 4.79 Å². The summed E-state index contributed by atoms with van der Waals surface area (Å²) in [7, 11) is 0. The average molecular weight is 239 g/mol. The molecule has 0 spiro atoms. The number of rotatable bonds is 4. The maximum absolute atomic E-state index is 11.5. The Hall–Kier alpha value is -2.49. The van der Waals surface area contributed by atoms with Crippen molar-refractivity contribution in [3.63, 3.8) is 0 Å². The summed E-state index contributed by atoms with van der Waals surface area (Å²) in [6.07, 6.45) is 0. The smallest absolute Gasteiger partial charge is 0.247 e. The summed E-state index contributed by atoms with van der Waals surface area (Å²) in [5.41, 5.74) is 1.50. The molecule has 90 valence electrons. The highest BCUT2D eigenvalue weighted by Crippen LogP contribution is 2.10. The van der Waals surface area contributed by atoms with Crippen LogP contribution in [0.25, 0.3) is 0 Å². The molecular weight excluding hydrogens is 226 g/mol. The first kappa shape index (κ1) is 12.0. The van der Waals surface area contributed by atoms with E-state index in [-0.39, 0.29) is 12.5 Å². The van der Waals surface area contributed by atoms with Crippen LogP contribution in [0.2, 0.25) is 0 Å². The van der Waals surface area contributed by atoms with Crippen LogP contribution in [0.15, 0.2) is 70.9 Å². The standard InChI is InChI=1S/C14H13N3O/c18-14(16-12-7-3-1-4-8-12)11-15-17-13-9-5-2-6-10-13/h1-10H,11H2,(H,16,18). The number of hydrogen-bond acceptors (Lipinski definition) is 3. The molecule has 0 saturated heterocycles. The van der Waals surface area contributed by atoms with Gasteiger partial charge >= 0.3 is 0 Å². The molecule has 4 nitrogen and oxygen atoms in total. The highest BCUT2D eigenvalue weighted by atomic mass is 16.1. The summed E-state index contributed by atoms with van der Waals surface area (Å²) >= 11 is 0. The minimum Gasteiger partial charge on any atom is -0.324 e. The minimum absolute atomic E-state index is 0.0176. The van der Waals surface area contributed by atoms with E-state index < -0.39 is 0 Å². The van der Waals surface area contributed by atoms with E-state index in [1.807, 2.05) is 60.7 Å². The van der Waals surface area contributed by atoms with Crippen LogP contribution in [0.1, 0.15) is 0 Å². The van der Waals surface area contributed by atoms with Gasteiger partial charge in [0.2, 0.25) is 5.91 Å². The molecule has 2 aromatic rings. The molecule has 1 N–H and O–H groups in total. The number of nitrogens with zero attached hydrogens (tertiary/aromatic N) is 2. The van der Waals surface area contributed by atoms with Crippen LogP contribution in [0.5, 0.6) is 0 Å². The van der Waals surface area contributed by atoms with Crippen LogP contribution in [0.4, 0.5) is 11.4 Å². The van der Waals surface area contributed by atoms with Crippen molar-refractivity contribution in [1.29, 1.82) is 0 Å². The second kappa shape index (κ2) is 6.30. The number of amides is 1. The largest absolute Gasteiger partial charge is 0.324 e. The molecule has 0 aliphatic heterocycles. The summed E-state index contributed by atoms with van der Waals surface area (Å²) in [6.45, 7) is 0.0176. The highest BCUT2D eigenvalue weighted by Gasteiger charge is 1.99. The molecule has 0 aliphatic carbocycles. The normalized spacial score (nSPS) is 10.4. The Balaban J connectivity index is 1.84. The number of benzene rings is 2. The molecule has 0 unspecified atom stereocenters. The van der Waals surface area contributed by atoms with Gasteiger partial charge in [0.1, 0.15) is 6.54 Å². The van der Waals surface area contributed by atoms with Gasteiger partial charge in [-0.1, -0.05) is 36.4 Å². The van der Waals surface area contributed by atoms with Crippen LogP contribution in [0.3, 0.4) is 0 Å². The van der Waals surface area contributed by atoms with E-state index >= 15 is 0 Å². The zero-order valence-corrected chi connectivity index (χ0v) is 9.78. The number of carbonyl (C=O) groups is 1. The zero-order chi connectivity index (χ0) is 12.6. The second-order valence-corrected chi connectivity index (χ2v) is 3.65. The Kier molecular flexibility index (Phi) is 4.19. The van der Waals surface area contributed by atoms with E-state index in [1.165, 1.54) is 0 Å². The molecule has 0 aromatic heterocycles. The fraction of sp³-hybridized carbons (Fsp3) is 0.0714. The predicted molar refractivity (Wildman–Crippen MR) is 70.9 cm³/mol. The monoisotopic (exact) mass is 239 g/mol. The quantitative estimate of drug-likeness (QED) is 0.817. The van der Waals surface area contributed by atoms with Gasteiger partial charge in [-0.05, 0) is 24.3 Å². The molecule has 0 saturated carbocycles. The van der Waals surface area contributed by atoms with Gasteiger partial charge < -0.3 is 5.32 Å². The molecular formula is C14H13N3O. The third-order valence-corrected chi connectivity index (χ3v) is 2.21. The van der Waals surface area contributed by atoms with Crippen molar-refractivity contribution < 1.29 is 4.79 Å². The molecule has 0 atom stereocenters. The van der Waals surface area contributed by atoms with Crippen LogP contribution in [0, 0.1) is 0 Å². The Labute approximate surface area is 105 Å². The lowest BCUT2D eigenvalue weighted by molar-refractivity contribution is -0.114.